The molecule has 1 rings (SSSR count). The smallest absolute Gasteiger partial charge is 0.140 e. The Kier molecular flexibility index (Phi) is 2.41. The van der Waals surface area contributed by atoms with E-state index in [0.29, 0.717) is 0 Å². The fourth-order valence-electron chi connectivity index (χ4n) is 1.04. The van der Waals surface area contributed by atoms with Crippen LogP contribution in [0, 0.1) is 0 Å². The largest absolute Gasteiger partial charge is 0.501 e. The van der Waals surface area contributed by atoms with Crippen LogP contribution in [0.25, 0.3) is 0 Å². The van der Waals surface area contributed by atoms with E-state index in [9.17, 15) is 0 Å². The van der Waals surface area contributed by atoms with Crippen molar-refractivity contribution in [2.75, 3.05) is 14.2 Å². The maximum Gasteiger partial charge on any atom is 0.140 e. The van der Waals surface area contributed by atoms with Crippen LogP contribution in [0.5, 0.6) is 0 Å². The average molecular weight is 155 g/mol. The maximum absolute atomic E-state index is 5.66. The number of hydrogen-bond donors (Lipinski definition) is 1. The third kappa shape index (κ3) is 1.67. The summed E-state index contributed by atoms with van der Waals surface area (Å²) in [6, 6.07) is 0. The Balaban J connectivity index is 2.78. The highest BCUT2D eigenvalue weighted by Crippen LogP contribution is 2.21. The summed E-state index contributed by atoms with van der Waals surface area (Å²) in [6.07, 6.45) is 3.52. The lowest BCUT2D eigenvalue weighted by Crippen LogP contribution is -2.08. The van der Waals surface area contributed by atoms with Gasteiger partial charge < -0.3 is 15.2 Å². The minimum Gasteiger partial charge on any atom is -0.501 e. The van der Waals surface area contributed by atoms with Gasteiger partial charge in [-0.3, -0.25) is 0 Å². The van der Waals surface area contributed by atoms with Gasteiger partial charge in [-0.05, 0) is 6.42 Å². The van der Waals surface area contributed by atoms with Crippen LogP contribution < -0.4 is 5.73 Å². The zero-order valence-corrected chi connectivity index (χ0v) is 6.89. The van der Waals surface area contributed by atoms with Gasteiger partial charge in [-0.25, -0.2) is 0 Å². The molecule has 0 radical (unpaired) electrons. The van der Waals surface area contributed by atoms with Gasteiger partial charge in [-0.2, -0.15) is 0 Å². The van der Waals surface area contributed by atoms with Crippen LogP contribution in [0.1, 0.15) is 12.8 Å². The third-order valence-corrected chi connectivity index (χ3v) is 1.73. The number of hydrogen-bond acceptors (Lipinski definition) is 3. The summed E-state index contributed by atoms with van der Waals surface area (Å²) >= 11 is 0. The molecule has 0 amide bonds. The molecule has 0 aromatic heterocycles. The van der Waals surface area contributed by atoms with Crippen LogP contribution in [0.2, 0.25) is 0 Å². The van der Waals surface area contributed by atoms with E-state index in [4.69, 9.17) is 15.2 Å². The van der Waals surface area contributed by atoms with E-state index in [1.165, 1.54) is 0 Å². The highest BCUT2D eigenvalue weighted by atomic mass is 16.5. The van der Waals surface area contributed by atoms with E-state index in [1.54, 1.807) is 14.2 Å². The molecule has 3 nitrogen and oxygen atoms in total. The average Bonchev–Trinajstić information content (AvgIpc) is 2.05. The Bertz CT molecular complexity index is 206. The zero-order chi connectivity index (χ0) is 8.27. The molecule has 0 heterocycles. The van der Waals surface area contributed by atoms with Crippen LogP contribution in [-0.2, 0) is 9.47 Å². The topological polar surface area (TPSA) is 44.5 Å². The van der Waals surface area contributed by atoms with Gasteiger partial charge in [0.2, 0.25) is 0 Å². The van der Waals surface area contributed by atoms with Crippen LogP contribution in [0.3, 0.4) is 0 Å². The number of ether oxygens (including phenoxy) is 2. The van der Waals surface area contributed by atoms with Crippen molar-refractivity contribution >= 4 is 0 Å². The first-order valence-corrected chi connectivity index (χ1v) is 3.55. The molecule has 0 saturated carbocycles. The monoisotopic (exact) mass is 155 g/mol. The summed E-state index contributed by atoms with van der Waals surface area (Å²) < 4.78 is 10.1. The van der Waals surface area contributed by atoms with Crippen LogP contribution in [0.15, 0.2) is 23.3 Å². The summed E-state index contributed by atoms with van der Waals surface area (Å²) in [5.74, 6) is 1.66. The van der Waals surface area contributed by atoms with Gasteiger partial charge in [0.25, 0.3) is 0 Å². The minimum atomic E-state index is 0.730. The molecule has 0 atom stereocenters. The summed E-state index contributed by atoms with van der Waals surface area (Å²) in [6.45, 7) is 0. The summed E-state index contributed by atoms with van der Waals surface area (Å²) in [4.78, 5) is 0. The van der Waals surface area contributed by atoms with Gasteiger partial charge in [0, 0.05) is 12.5 Å². The van der Waals surface area contributed by atoms with Crippen molar-refractivity contribution in [2.24, 2.45) is 5.73 Å². The fraction of sp³-hybridized carbons (Fsp3) is 0.500. The van der Waals surface area contributed by atoms with Crippen LogP contribution in [-0.4, -0.2) is 14.2 Å². The van der Waals surface area contributed by atoms with Gasteiger partial charge >= 0.3 is 0 Å². The van der Waals surface area contributed by atoms with Gasteiger partial charge in [0.05, 0.1) is 25.7 Å². The van der Waals surface area contributed by atoms with Crippen molar-refractivity contribution in [3.8, 4) is 0 Å². The lowest BCUT2D eigenvalue weighted by molar-refractivity contribution is 0.254. The highest BCUT2D eigenvalue weighted by molar-refractivity contribution is 5.25. The van der Waals surface area contributed by atoms with E-state index in [0.717, 1.165) is 30.1 Å². The lowest BCUT2D eigenvalue weighted by atomic mass is 10.1. The molecule has 0 spiro atoms. The Morgan fingerprint density at radius 1 is 1.27 bits per heavy atom. The van der Waals surface area contributed by atoms with E-state index in [-0.39, 0.29) is 0 Å². The quantitative estimate of drug-likeness (QED) is 0.650. The van der Waals surface area contributed by atoms with E-state index >= 15 is 0 Å². The van der Waals surface area contributed by atoms with Gasteiger partial charge in [-0.1, -0.05) is 0 Å². The first-order valence-electron chi connectivity index (χ1n) is 3.55. The van der Waals surface area contributed by atoms with Crippen molar-refractivity contribution < 1.29 is 9.47 Å². The molecule has 0 aromatic carbocycles. The van der Waals surface area contributed by atoms with Crippen molar-refractivity contribution in [3.63, 3.8) is 0 Å². The summed E-state index contributed by atoms with van der Waals surface area (Å²) in [5, 5.41) is 0. The summed E-state index contributed by atoms with van der Waals surface area (Å²) in [7, 11) is 3.26. The predicted molar refractivity (Wildman–Crippen MR) is 42.5 cm³/mol. The van der Waals surface area contributed by atoms with Gasteiger partial charge in [-0.15, -0.1) is 0 Å². The van der Waals surface area contributed by atoms with Crippen molar-refractivity contribution in [3.05, 3.63) is 23.3 Å². The first-order chi connectivity index (χ1) is 5.27. The van der Waals surface area contributed by atoms with Crippen molar-refractivity contribution in [1.29, 1.82) is 0 Å². The molecule has 0 fully saturated rings. The molecule has 0 bridgehead atoms. The molecular weight excluding hydrogens is 142 g/mol. The molecule has 3 heteroatoms. The maximum atomic E-state index is 5.66. The first kappa shape index (κ1) is 7.98. The Morgan fingerprint density at radius 2 is 2.00 bits per heavy atom. The Labute approximate surface area is 66.5 Å². The normalized spacial score (nSPS) is 17.8. The molecule has 1 aliphatic carbocycles. The molecule has 0 saturated heterocycles. The molecule has 1 aliphatic rings. The fourth-order valence-corrected chi connectivity index (χ4v) is 1.04. The molecule has 0 aromatic rings. The van der Waals surface area contributed by atoms with Crippen molar-refractivity contribution in [2.45, 2.75) is 12.8 Å². The molecule has 2 N–H and O–H groups in total. The number of rotatable bonds is 2. The molecular formula is C8H13NO2. The molecule has 0 unspecified atom stereocenters. The number of allylic oxidation sites excluding steroid dienone is 3. The molecule has 11 heavy (non-hydrogen) atoms. The second-order valence-electron chi connectivity index (χ2n) is 2.41. The van der Waals surface area contributed by atoms with Gasteiger partial charge in [0.1, 0.15) is 5.76 Å². The van der Waals surface area contributed by atoms with E-state index in [1.807, 2.05) is 6.08 Å². The minimum absolute atomic E-state index is 0.730. The zero-order valence-electron chi connectivity index (χ0n) is 6.89. The lowest BCUT2D eigenvalue weighted by Gasteiger charge is -2.15. The Morgan fingerprint density at radius 3 is 2.55 bits per heavy atom. The molecule has 62 valence electrons. The van der Waals surface area contributed by atoms with Crippen LogP contribution >= 0.6 is 0 Å². The molecule has 0 aliphatic heterocycles. The van der Waals surface area contributed by atoms with Crippen molar-refractivity contribution in [1.82, 2.24) is 0 Å². The van der Waals surface area contributed by atoms with Crippen LogP contribution in [0.4, 0.5) is 0 Å². The second-order valence-corrected chi connectivity index (χ2v) is 2.41. The third-order valence-electron chi connectivity index (χ3n) is 1.73. The van der Waals surface area contributed by atoms with Gasteiger partial charge in [0.15, 0.2) is 0 Å². The standard InChI is InChI=1S/C8H13NO2/c1-10-6-3-4-7(9)8(5-6)11-2/h5H,3-4,9H2,1-2H3. The SMILES string of the molecule is COC1=CC(OC)=C(N)CC1. The number of nitrogens with two attached hydrogens (primary N) is 1. The second kappa shape index (κ2) is 3.32. The predicted octanol–water partition coefficient (Wildman–Crippen LogP) is 1.13. The Hall–Kier alpha value is -1.12. The highest BCUT2D eigenvalue weighted by Gasteiger charge is 2.10. The van der Waals surface area contributed by atoms with E-state index in [2.05, 4.69) is 0 Å². The van der Waals surface area contributed by atoms with E-state index < -0.39 is 0 Å². The summed E-state index contributed by atoms with van der Waals surface area (Å²) in [5.41, 5.74) is 6.46. The number of methoxy groups -OCH3 is 2.